The molecule has 3 aromatic heterocycles. The number of anilines is 1. The molecule has 10 heteroatoms. The van der Waals surface area contributed by atoms with Crippen LogP contribution in [-0.2, 0) is 11.3 Å². The molecule has 38 heavy (non-hydrogen) atoms. The third-order valence-electron chi connectivity index (χ3n) is 7.62. The lowest BCUT2D eigenvalue weighted by Gasteiger charge is -2.29. The molecule has 9 nitrogen and oxygen atoms in total. The van der Waals surface area contributed by atoms with Gasteiger partial charge in [-0.05, 0) is 37.8 Å². The van der Waals surface area contributed by atoms with Crippen molar-refractivity contribution >= 4 is 16.7 Å². The summed E-state index contributed by atoms with van der Waals surface area (Å²) in [5.74, 6) is 0.830. The largest absolute Gasteiger partial charge is 0.487 e. The van der Waals surface area contributed by atoms with Crippen LogP contribution in [0.15, 0.2) is 48.9 Å². The molecule has 0 bridgehead atoms. The Morgan fingerprint density at radius 3 is 2.68 bits per heavy atom. The second-order valence-corrected chi connectivity index (χ2v) is 10.1. The van der Waals surface area contributed by atoms with Crippen LogP contribution in [0.5, 0.6) is 5.75 Å². The van der Waals surface area contributed by atoms with Gasteiger partial charge in [-0.2, -0.15) is 10.2 Å². The smallest absolute Gasteiger partial charge is 0.165 e. The van der Waals surface area contributed by atoms with Crippen molar-refractivity contribution in [3.63, 3.8) is 0 Å². The number of aromatic nitrogens is 5. The van der Waals surface area contributed by atoms with Crippen LogP contribution in [-0.4, -0.2) is 75.4 Å². The Labute approximate surface area is 221 Å². The Morgan fingerprint density at radius 2 is 1.89 bits per heavy atom. The zero-order chi connectivity index (χ0) is 25.9. The Morgan fingerprint density at radius 1 is 1.08 bits per heavy atom. The molecule has 0 atom stereocenters. The Bertz CT molecular complexity index is 1370. The number of nitrogens with zero attached hydrogens (tertiary/aromatic N) is 6. The molecular formula is C28H34FN7O2. The van der Waals surface area contributed by atoms with E-state index in [4.69, 9.17) is 14.6 Å². The molecule has 1 aromatic carbocycles. The van der Waals surface area contributed by atoms with E-state index in [1.54, 1.807) is 18.2 Å². The lowest BCUT2D eigenvalue weighted by atomic mass is 9.93. The predicted molar refractivity (Wildman–Crippen MR) is 144 cm³/mol. The minimum absolute atomic E-state index is 0.00341. The fourth-order valence-electron chi connectivity index (χ4n) is 5.46. The monoisotopic (exact) mass is 519 g/mol. The van der Waals surface area contributed by atoms with Crippen molar-refractivity contribution in [2.75, 3.05) is 45.2 Å². The van der Waals surface area contributed by atoms with E-state index in [1.807, 2.05) is 24.1 Å². The molecule has 0 amide bonds. The highest BCUT2D eigenvalue weighted by molar-refractivity contribution is 5.93. The summed E-state index contributed by atoms with van der Waals surface area (Å²) in [6.07, 6.45) is 9.39. The maximum atomic E-state index is 14.1. The predicted octanol–water partition coefficient (Wildman–Crippen LogP) is 4.37. The molecule has 0 spiro atoms. The quantitative estimate of drug-likeness (QED) is 0.370. The van der Waals surface area contributed by atoms with Gasteiger partial charge in [0.1, 0.15) is 11.5 Å². The van der Waals surface area contributed by atoms with Crippen molar-refractivity contribution in [1.82, 2.24) is 29.4 Å². The van der Waals surface area contributed by atoms with Gasteiger partial charge in [-0.25, -0.2) is 9.37 Å². The van der Waals surface area contributed by atoms with E-state index in [-0.39, 0.29) is 18.0 Å². The minimum atomic E-state index is -0.310. The van der Waals surface area contributed by atoms with Crippen LogP contribution in [0, 0.1) is 5.82 Å². The van der Waals surface area contributed by atoms with Gasteiger partial charge in [0, 0.05) is 56.1 Å². The van der Waals surface area contributed by atoms with E-state index in [0.717, 1.165) is 93.1 Å². The second-order valence-electron chi connectivity index (χ2n) is 10.1. The second kappa shape index (κ2) is 11.1. The van der Waals surface area contributed by atoms with E-state index < -0.39 is 0 Å². The van der Waals surface area contributed by atoms with Gasteiger partial charge in [-0.15, -0.1) is 0 Å². The molecule has 4 aromatic rings. The van der Waals surface area contributed by atoms with Crippen molar-refractivity contribution in [3.05, 3.63) is 54.7 Å². The summed E-state index contributed by atoms with van der Waals surface area (Å²) in [4.78, 5) is 6.98. The third-order valence-corrected chi connectivity index (χ3v) is 7.62. The lowest BCUT2D eigenvalue weighted by Crippen LogP contribution is -2.38. The molecule has 1 saturated heterocycles. The third kappa shape index (κ3) is 5.23. The van der Waals surface area contributed by atoms with Crippen LogP contribution < -0.4 is 10.1 Å². The number of fused-ring (bicyclic) bond motifs is 1. The molecule has 0 radical (unpaired) electrons. The number of ether oxygens (including phenoxy) is 2. The molecule has 1 N–H and O–H groups in total. The van der Waals surface area contributed by atoms with Crippen molar-refractivity contribution in [2.24, 2.45) is 0 Å². The van der Waals surface area contributed by atoms with Crippen LogP contribution in [0.3, 0.4) is 0 Å². The average Bonchev–Trinajstić information content (AvgIpc) is 3.58. The minimum Gasteiger partial charge on any atom is -0.487 e. The van der Waals surface area contributed by atoms with Crippen molar-refractivity contribution in [3.8, 4) is 17.0 Å². The van der Waals surface area contributed by atoms with Gasteiger partial charge >= 0.3 is 0 Å². The van der Waals surface area contributed by atoms with E-state index in [2.05, 4.69) is 37.2 Å². The molecule has 2 aliphatic rings. The van der Waals surface area contributed by atoms with Gasteiger partial charge in [-0.3, -0.25) is 14.3 Å². The normalized spacial score (nSPS) is 20.6. The number of halogens is 1. The van der Waals surface area contributed by atoms with Crippen LogP contribution in [0.4, 0.5) is 10.2 Å². The fraction of sp³-hybridized carbons (Fsp3) is 0.464. The first kappa shape index (κ1) is 24.8. The zero-order valence-electron chi connectivity index (χ0n) is 21.7. The van der Waals surface area contributed by atoms with Crippen molar-refractivity contribution in [2.45, 2.75) is 44.4 Å². The summed E-state index contributed by atoms with van der Waals surface area (Å²) in [6, 6.07) is 8.92. The first-order valence-electron chi connectivity index (χ1n) is 13.5. The highest BCUT2D eigenvalue weighted by atomic mass is 19.1. The van der Waals surface area contributed by atoms with Crippen LogP contribution in [0.1, 0.15) is 31.7 Å². The number of nitrogens with one attached hydrogen (secondary N) is 1. The highest BCUT2D eigenvalue weighted by Gasteiger charge is 2.27. The molecule has 1 aliphatic heterocycles. The summed E-state index contributed by atoms with van der Waals surface area (Å²) < 4.78 is 29.7. The molecule has 200 valence electrons. The van der Waals surface area contributed by atoms with Gasteiger partial charge in [0.2, 0.25) is 0 Å². The molecule has 6 rings (SSSR count). The molecule has 1 saturated carbocycles. The van der Waals surface area contributed by atoms with Gasteiger partial charge in [0.05, 0.1) is 43.6 Å². The standard InChI is InChI=1S/C28H34FN7O2/c1-30-27-16-25-23(18-31-27)28(20-17-32-35(19-20)11-10-34-12-14-37-15-13-34)33-36(25)21-6-8-22(9-7-21)38-26-5-3-2-4-24(26)29/h2-5,16-19,21-22H,6-15H2,1H3,(H,30,31). The average molecular weight is 520 g/mol. The Balaban J connectivity index is 1.20. The van der Waals surface area contributed by atoms with E-state index >= 15 is 0 Å². The topological polar surface area (TPSA) is 82.3 Å². The summed E-state index contributed by atoms with van der Waals surface area (Å²) >= 11 is 0. The highest BCUT2D eigenvalue weighted by Crippen LogP contribution is 2.36. The Kier molecular flexibility index (Phi) is 7.24. The zero-order valence-corrected chi connectivity index (χ0v) is 21.7. The number of pyridine rings is 1. The van der Waals surface area contributed by atoms with Crippen LogP contribution >= 0.6 is 0 Å². The van der Waals surface area contributed by atoms with Crippen LogP contribution in [0.2, 0.25) is 0 Å². The number of hydrogen-bond acceptors (Lipinski definition) is 7. The molecule has 2 fully saturated rings. The van der Waals surface area contributed by atoms with E-state index in [1.165, 1.54) is 6.07 Å². The first-order valence-corrected chi connectivity index (χ1v) is 13.5. The summed E-state index contributed by atoms with van der Waals surface area (Å²) in [5.41, 5.74) is 2.95. The molecule has 4 heterocycles. The fourth-order valence-corrected chi connectivity index (χ4v) is 5.46. The summed E-state index contributed by atoms with van der Waals surface area (Å²) in [5, 5.41) is 13.9. The SMILES string of the molecule is CNc1cc2c(cn1)c(-c1cnn(CCN3CCOCC3)c1)nn2C1CCC(Oc2ccccc2F)CC1. The summed E-state index contributed by atoms with van der Waals surface area (Å²) in [7, 11) is 1.87. The van der Waals surface area contributed by atoms with Gasteiger partial charge < -0.3 is 14.8 Å². The van der Waals surface area contributed by atoms with Gasteiger partial charge in [-0.1, -0.05) is 12.1 Å². The van der Waals surface area contributed by atoms with E-state index in [0.29, 0.717) is 5.75 Å². The molecule has 1 aliphatic carbocycles. The lowest BCUT2D eigenvalue weighted by molar-refractivity contribution is 0.0360. The Hall–Kier alpha value is -3.50. The number of para-hydroxylation sites is 1. The number of morpholine rings is 1. The number of benzene rings is 1. The molecule has 0 unspecified atom stereocenters. The number of rotatable bonds is 8. The van der Waals surface area contributed by atoms with Crippen LogP contribution in [0.25, 0.3) is 22.2 Å². The maximum absolute atomic E-state index is 14.1. The first-order chi connectivity index (χ1) is 18.7. The van der Waals surface area contributed by atoms with Crippen molar-refractivity contribution in [1.29, 1.82) is 0 Å². The van der Waals surface area contributed by atoms with Gasteiger partial charge in [0.25, 0.3) is 0 Å². The molecular weight excluding hydrogens is 485 g/mol. The number of hydrogen-bond donors (Lipinski definition) is 1. The van der Waals surface area contributed by atoms with E-state index in [9.17, 15) is 4.39 Å². The van der Waals surface area contributed by atoms with Gasteiger partial charge in [0.15, 0.2) is 11.6 Å². The summed E-state index contributed by atoms with van der Waals surface area (Å²) in [6.45, 7) is 5.31. The van der Waals surface area contributed by atoms with Crippen molar-refractivity contribution < 1.29 is 13.9 Å². The maximum Gasteiger partial charge on any atom is 0.165 e.